The number of aliphatic hydroxyl groups excluding tert-OH is 1. The van der Waals surface area contributed by atoms with E-state index in [-0.39, 0.29) is 58.3 Å². The molecule has 232 valence electrons. The molecule has 0 amide bonds. The molecule has 42 heavy (non-hydrogen) atoms. The third-order valence-electron chi connectivity index (χ3n) is 13.1. The number of carbonyl (C=O) groups excluding carboxylic acids is 2. The second kappa shape index (κ2) is 11.5. The summed E-state index contributed by atoms with van der Waals surface area (Å²) in [6.45, 7) is 15.4. The molecule has 0 unspecified atom stereocenters. The molecule has 0 aliphatic heterocycles. The number of aliphatic hydroxyl groups is 2. The maximum atomic E-state index is 14.0. The molecular weight excluding hydrogens is 524 g/mol. The summed E-state index contributed by atoms with van der Waals surface area (Å²) in [6, 6.07) is 9.07. The van der Waals surface area contributed by atoms with Gasteiger partial charge in [0.1, 0.15) is 6.10 Å². The Morgan fingerprint density at radius 2 is 1.74 bits per heavy atom. The van der Waals surface area contributed by atoms with Crippen molar-refractivity contribution in [2.24, 2.45) is 52.3 Å². The lowest BCUT2D eigenvalue weighted by Crippen LogP contribution is -2.61. The number of fused-ring (bicyclic) bond motifs is 5. The van der Waals surface area contributed by atoms with Crippen molar-refractivity contribution >= 4 is 11.8 Å². The fraction of sp³-hybridized carbons (Fsp3) is 0.730. The van der Waals surface area contributed by atoms with Gasteiger partial charge in [0.2, 0.25) is 0 Å². The van der Waals surface area contributed by atoms with Crippen LogP contribution in [-0.2, 0) is 9.53 Å². The molecule has 2 N–H and O–H groups in total. The fourth-order valence-corrected chi connectivity index (χ4v) is 10.3. The van der Waals surface area contributed by atoms with Crippen LogP contribution in [0.15, 0.2) is 42.0 Å². The Hall–Kier alpha value is -1.98. The van der Waals surface area contributed by atoms with Crippen LogP contribution in [0.4, 0.5) is 0 Å². The van der Waals surface area contributed by atoms with E-state index in [1.807, 2.05) is 24.3 Å². The minimum absolute atomic E-state index is 0.0774. The maximum absolute atomic E-state index is 14.0. The lowest BCUT2D eigenvalue weighted by molar-refractivity contribution is -0.150. The van der Waals surface area contributed by atoms with Gasteiger partial charge in [-0.05, 0) is 104 Å². The monoisotopic (exact) mass is 578 g/mol. The largest absolute Gasteiger partial charge is 0.458 e. The van der Waals surface area contributed by atoms with Gasteiger partial charge in [0.15, 0.2) is 5.78 Å². The van der Waals surface area contributed by atoms with Gasteiger partial charge >= 0.3 is 5.97 Å². The second-order valence-corrected chi connectivity index (χ2v) is 15.3. The number of esters is 1. The molecule has 1 aromatic carbocycles. The average molecular weight is 579 g/mol. The van der Waals surface area contributed by atoms with Crippen molar-refractivity contribution in [2.45, 2.75) is 118 Å². The number of benzene rings is 1. The zero-order valence-electron chi connectivity index (χ0n) is 26.9. The van der Waals surface area contributed by atoms with E-state index in [1.165, 1.54) is 0 Å². The first-order chi connectivity index (χ1) is 19.8. The molecule has 4 aliphatic carbocycles. The molecule has 3 fully saturated rings. The molecule has 5 rings (SSSR count). The molecule has 5 heteroatoms. The Balaban J connectivity index is 1.38. The van der Waals surface area contributed by atoms with E-state index in [9.17, 15) is 19.8 Å². The number of hydrogen-bond acceptors (Lipinski definition) is 5. The summed E-state index contributed by atoms with van der Waals surface area (Å²) in [7, 11) is 0. The summed E-state index contributed by atoms with van der Waals surface area (Å²) < 4.78 is 6.00. The predicted molar refractivity (Wildman–Crippen MR) is 166 cm³/mol. The van der Waals surface area contributed by atoms with Crippen molar-refractivity contribution in [3.63, 3.8) is 0 Å². The van der Waals surface area contributed by atoms with Crippen molar-refractivity contribution < 1.29 is 24.5 Å². The highest BCUT2D eigenvalue weighted by Gasteiger charge is 2.67. The van der Waals surface area contributed by atoms with Crippen molar-refractivity contribution in [3.8, 4) is 0 Å². The highest BCUT2D eigenvalue weighted by molar-refractivity contribution is 5.95. The van der Waals surface area contributed by atoms with Crippen molar-refractivity contribution in [3.05, 3.63) is 47.5 Å². The van der Waals surface area contributed by atoms with Crippen LogP contribution in [0.3, 0.4) is 0 Å². The lowest BCUT2D eigenvalue weighted by Gasteiger charge is -2.61. The second-order valence-electron chi connectivity index (χ2n) is 15.3. The number of hydrogen-bond donors (Lipinski definition) is 2. The average Bonchev–Trinajstić information content (AvgIpc) is 3.24. The number of ether oxygens (including phenoxy) is 1. The van der Waals surface area contributed by atoms with E-state index >= 15 is 0 Å². The molecule has 11 atom stereocenters. The molecule has 0 heterocycles. The van der Waals surface area contributed by atoms with Crippen molar-refractivity contribution in [2.75, 3.05) is 0 Å². The van der Waals surface area contributed by atoms with Gasteiger partial charge in [-0.2, -0.15) is 0 Å². The van der Waals surface area contributed by atoms with E-state index in [2.05, 4.69) is 48.5 Å². The van der Waals surface area contributed by atoms with Gasteiger partial charge in [0.25, 0.3) is 0 Å². The summed E-state index contributed by atoms with van der Waals surface area (Å²) in [4.78, 5) is 26.9. The third-order valence-corrected chi connectivity index (χ3v) is 13.1. The topological polar surface area (TPSA) is 83.8 Å². The van der Waals surface area contributed by atoms with Gasteiger partial charge in [0, 0.05) is 17.3 Å². The van der Waals surface area contributed by atoms with Crippen LogP contribution in [0.5, 0.6) is 0 Å². The molecule has 0 aromatic heterocycles. The van der Waals surface area contributed by atoms with Crippen molar-refractivity contribution in [1.82, 2.24) is 0 Å². The Labute approximate surface area is 253 Å². The first kappa shape index (κ1) is 31.4. The smallest absolute Gasteiger partial charge is 0.338 e. The highest BCUT2D eigenvalue weighted by atomic mass is 16.5. The van der Waals surface area contributed by atoms with Crippen LogP contribution >= 0.6 is 0 Å². The van der Waals surface area contributed by atoms with Crippen LogP contribution in [0.25, 0.3) is 0 Å². The molecule has 1 aromatic rings. The van der Waals surface area contributed by atoms with E-state index in [0.29, 0.717) is 23.8 Å². The lowest BCUT2D eigenvalue weighted by atomic mass is 9.44. The highest BCUT2D eigenvalue weighted by Crippen LogP contribution is 2.68. The first-order valence-electron chi connectivity index (χ1n) is 16.7. The summed E-state index contributed by atoms with van der Waals surface area (Å²) in [6.07, 6.45) is 7.85. The van der Waals surface area contributed by atoms with Gasteiger partial charge in [-0.1, -0.05) is 73.1 Å². The summed E-state index contributed by atoms with van der Waals surface area (Å²) in [5.41, 5.74) is -0.187. The van der Waals surface area contributed by atoms with Gasteiger partial charge in [0.05, 0.1) is 17.3 Å². The fourth-order valence-electron chi connectivity index (χ4n) is 10.3. The zero-order chi connectivity index (χ0) is 30.6. The van der Waals surface area contributed by atoms with E-state index in [1.54, 1.807) is 12.1 Å². The number of allylic oxidation sites excluding steroid dienone is 1. The maximum Gasteiger partial charge on any atom is 0.338 e. The molecule has 0 radical (unpaired) electrons. The molecule has 0 spiro atoms. The van der Waals surface area contributed by atoms with Gasteiger partial charge in [-0.25, -0.2) is 4.79 Å². The Morgan fingerprint density at radius 3 is 2.38 bits per heavy atom. The van der Waals surface area contributed by atoms with Gasteiger partial charge < -0.3 is 14.9 Å². The van der Waals surface area contributed by atoms with Crippen LogP contribution in [0, 0.1) is 52.3 Å². The van der Waals surface area contributed by atoms with Crippen LogP contribution in [0.2, 0.25) is 0 Å². The van der Waals surface area contributed by atoms with E-state index in [0.717, 1.165) is 50.5 Å². The van der Waals surface area contributed by atoms with Crippen molar-refractivity contribution in [1.29, 1.82) is 0 Å². The summed E-state index contributed by atoms with van der Waals surface area (Å²) in [5.74, 6) is 0.878. The molecule has 4 aliphatic rings. The van der Waals surface area contributed by atoms with Crippen LogP contribution in [-0.4, -0.2) is 39.8 Å². The molecule has 0 saturated heterocycles. The molecule has 5 nitrogen and oxygen atoms in total. The Bertz CT molecular complexity index is 1190. The summed E-state index contributed by atoms with van der Waals surface area (Å²) in [5, 5.41) is 24.0. The Kier molecular flexibility index (Phi) is 8.61. The minimum atomic E-state index is -1.03. The first-order valence-corrected chi connectivity index (χ1v) is 16.7. The van der Waals surface area contributed by atoms with E-state index < -0.39 is 11.7 Å². The quantitative estimate of drug-likeness (QED) is 0.314. The van der Waals surface area contributed by atoms with E-state index in [4.69, 9.17) is 4.74 Å². The van der Waals surface area contributed by atoms with Gasteiger partial charge in [-0.15, -0.1) is 0 Å². The van der Waals surface area contributed by atoms with Crippen LogP contribution < -0.4 is 0 Å². The molecular formula is C37H54O5. The number of ketones is 1. The number of rotatable bonds is 8. The SMILES string of the molecule is CC[C@H](C[C@@H](O)[C@@H](C)[C@H]1CC[C@@]2(O)C3=CC(=O)[C@H]4[C@H](C)[C@@H](OC(=O)c5ccccc5)CC[C@]4(C)[C@H]3CC[C@]12C)C(C)C. The minimum Gasteiger partial charge on any atom is -0.458 e. The standard InChI is InChI=1S/C37H54O5/c1-8-25(22(2)3)20-30(38)23(4)27-15-19-37(41)29-21-31(39)33-24(5)32(42-34(40)26-12-10-9-11-13-26)16-17-35(33,6)28(29)14-18-36(27,37)7/h9-13,21-25,27-28,30,32-33,38,41H,8,14-20H2,1-7H3/t23-,24+,25+,27+,28-,30+,32-,33+,35+,36+,37+/m0/s1. The third kappa shape index (κ3) is 4.91. The summed E-state index contributed by atoms with van der Waals surface area (Å²) >= 11 is 0. The Morgan fingerprint density at radius 1 is 1.05 bits per heavy atom. The number of carbonyl (C=O) groups is 2. The molecule has 3 saturated carbocycles. The zero-order valence-corrected chi connectivity index (χ0v) is 26.9. The van der Waals surface area contributed by atoms with Crippen LogP contribution in [0.1, 0.15) is 110 Å². The predicted octanol–water partition coefficient (Wildman–Crippen LogP) is 7.40. The normalized spacial score (nSPS) is 39.9. The molecule has 0 bridgehead atoms. The van der Waals surface area contributed by atoms with Gasteiger partial charge in [-0.3, -0.25) is 4.79 Å².